The summed E-state index contributed by atoms with van der Waals surface area (Å²) in [5, 5.41) is 2.31. The zero-order valence-corrected chi connectivity index (χ0v) is 30.7. The lowest BCUT2D eigenvalue weighted by molar-refractivity contribution is 0.621. The minimum absolute atomic E-state index is 0.0646. The predicted molar refractivity (Wildman–Crippen MR) is 226 cm³/mol. The number of benzene rings is 7. The van der Waals surface area contributed by atoms with Crippen LogP contribution in [0, 0.1) is 0 Å². The molecule has 2 aliphatic rings. The summed E-state index contributed by atoms with van der Waals surface area (Å²) in [5.74, 6) is 0. The van der Waals surface area contributed by atoms with Crippen LogP contribution in [0.25, 0.3) is 60.9 Å². The summed E-state index contributed by atoms with van der Waals surface area (Å²) >= 11 is 0. The zero-order chi connectivity index (χ0) is 36.2. The summed E-state index contributed by atoms with van der Waals surface area (Å²) in [6.45, 7) is 4.74. The van der Waals surface area contributed by atoms with Gasteiger partial charge >= 0.3 is 0 Å². The molecule has 2 heteroatoms. The minimum atomic E-state index is -0.112. The van der Waals surface area contributed by atoms with Crippen LogP contribution in [0.5, 0.6) is 0 Å². The van der Waals surface area contributed by atoms with Crippen molar-refractivity contribution in [2.24, 2.45) is 4.99 Å². The largest absolute Gasteiger partial charge is 0.456 e. The molecule has 54 heavy (non-hydrogen) atoms. The van der Waals surface area contributed by atoms with Crippen LogP contribution in [0.2, 0.25) is 0 Å². The van der Waals surface area contributed by atoms with E-state index in [1.54, 1.807) is 0 Å². The first-order chi connectivity index (χ1) is 26.5. The highest BCUT2D eigenvalue weighted by Crippen LogP contribution is 2.53. The fraction of sp³-hybridized carbons (Fsp3) is 0.135. The molecule has 10 rings (SSSR count). The van der Waals surface area contributed by atoms with Crippen molar-refractivity contribution in [3.8, 4) is 33.4 Å². The van der Waals surface area contributed by atoms with Crippen molar-refractivity contribution in [1.82, 2.24) is 0 Å². The number of nitrogens with zero attached hydrogens (tertiary/aromatic N) is 1. The second-order valence-corrected chi connectivity index (χ2v) is 15.4. The number of fused-ring (bicyclic) bond motifs is 6. The maximum atomic E-state index is 6.16. The summed E-state index contributed by atoms with van der Waals surface area (Å²) in [6, 6.07) is 59.6. The molecule has 7 aromatic carbocycles. The molecule has 2 nitrogen and oxygen atoms in total. The fourth-order valence-corrected chi connectivity index (χ4v) is 8.92. The number of para-hydroxylation sites is 1. The number of hydrogen-bond acceptors (Lipinski definition) is 2. The van der Waals surface area contributed by atoms with Crippen molar-refractivity contribution >= 4 is 33.2 Å². The molecule has 1 aliphatic heterocycles. The molecular weight excluding hydrogens is 655 g/mol. The van der Waals surface area contributed by atoms with Gasteiger partial charge in [-0.25, -0.2) is 0 Å². The number of furan rings is 1. The topological polar surface area (TPSA) is 25.5 Å². The van der Waals surface area contributed by atoms with Crippen LogP contribution in [-0.4, -0.2) is 5.71 Å². The lowest BCUT2D eigenvalue weighted by atomic mass is 9.81. The van der Waals surface area contributed by atoms with Gasteiger partial charge in [0.2, 0.25) is 0 Å². The Balaban J connectivity index is 1.07. The Hall–Kier alpha value is -6.25. The van der Waals surface area contributed by atoms with E-state index in [0.29, 0.717) is 0 Å². The van der Waals surface area contributed by atoms with Crippen molar-refractivity contribution in [2.75, 3.05) is 0 Å². The van der Waals surface area contributed by atoms with Gasteiger partial charge in [0, 0.05) is 16.2 Å². The van der Waals surface area contributed by atoms with Gasteiger partial charge in [-0.15, -0.1) is 0 Å². The first kappa shape index (κ1) is 32.4. The van der Waals surface area contributed by atoms with E-state index < -0.39 is 0 Å². The molecule has 2 heterocycles. The zero-order valence-electron chi connectivity index (χ0n) is 30.7. The van der Waals surface area contributed by atoms with Crippen LogP contribution >= 0.6 is 0 Å². The van der Waals surface area contributed by atoms with Crippen molar-refractivity contribution in [3.63, 3.8) is 0 Å². The second-order valence-electron chi connectivity index (χ2n) is 15.4. The second kappa shape index (κ2) is 13.0. The highest BCUT2D eigenvalue weighted by Gasteiger charge is 2.37. The van der Waals surface area contributed by atoms with E-state index in [2.05, 4.69) is 172 Å². The number of hydrogen-bond donors (Lipinski definition) is 0. The Bertz CT molecular complexity index is 2760. The van der Waals surface area contributed by atoms with Crippen LogP contribution < -0.4 is 0 Å². The Kier molecular flexibility index (Phi) is 7.80. The first-order valence-electron chi connectivity index (χ1n) is 19.2. The van der Waals surface area contributed by atoms with Gasteiger partial charge in [-0.1, -0.05) is 147 Å². The molecule has 1 aromatic heterocycles. The highest BCUT2D eigenvalue weighted by molar-refractivity contribution is 6.12. The number of allylic oxidation sites excluding steroid dienone is 2. The standard InChI is InChI=1S/C52H41NO/c1-52(2)45-28-26-37(38-27-29-50-43(31-38)42-21-9-10-25-49(42)54-50)32-44(45)51-41(22-13-23-46(51)52)39-19-11-20-40(30-39)47-24-12-18-36(34-14-5-3-6-15-34)33-48(53-47)35-16-7-4-8-17-35/h3-11,13-17,19-23,25-33,47H,12,18,24H2,1-2H3. The predicted octanol–water partition coefficient (Wildman–Crippen LogP) is 14.0. The van der Waals surface area contributed by atoms with E-state index in [-0.39, 0.29) is 11.5 Å². The Morgan fingerprint density at radius 3 is 2.09 bits per heavy atom. The smallest absolute Gasteiger partial charge is 0.135 e. The van der Waals surface area contributed by atoms with E-state index in [1.807, 2.05) is 12.1 Å². The molecule has 0 saturated carbocycles. The normalized spacial score (nSPS) is 16.3. The van der Waals surface area contributed by atoms with Crippen molar-refractivity contribution in [3.05, 3.63) is 198 Å². The van der Waals surface area contributed by atoms with Gasteiger partial charge < -0.3 is 4.42 Å². The first-order valence-corrected chi connectivity index (χ1v) is 19.2. The fourth-order valence-electron chi connectivity index (χ4n) is 8.92. The molecule has 0 amide bonds. The lowest BCUT2D eigenvalue weighted by Gasteiger charge is -2.22. The summed E-state index contributed by atoms with van der Waals surface area (Å²) in [6.07, 6.45) is 5.42. The average molecular weight is 696 g/mol. The number of rotatable bonds is 5. The van der Waals surface area contributed by atoms with E-state index in [4.69, 9.17) is 9.41 Å². The molecule has 0 spiro atoms. The van der Waals surface area contributed by atoms with Gasteiger partial charge in [0.15, 0.2) is 0 Å². The Morgan fingerprint density at radius 2 is 1.24 bits per heavy atom. The molecule has 0 fully saturated rings. The van der Waals surface area contributed by atoms with Crippen LogP contribution in [0.4, 0.5) is 0 Å². The number of aliphatic imine (C=N–C) groups is 1. The molecule has 1 atom stereocenters. The maximum Gasteiger partial charge on any atom is 0.135 e. The monoisotopic (exact) mass is 695 g/mol. The van der Waals surface area contributed by atoms with Gasteiger partial charge in [-0.3, -0.25) is 4.99 Å². The SMILES string of the molecule is CC1(C)c2ccc(-c3ccc4oc5ccccc5c4c3)cc2-c2c(-c3cccc(C4CCCC(c5ccccc5)=CC(c5ccccc5)=N4)c3)cccc21. The molecule has 1 unspecified atom stereocenters. The molecule has 0 N–H and O–H groups in total. The van der Waals surface area contributed by atoms with Gasteiger partial charge in [0.25, 0.3) is 0 Å². The third kappa shape index (κ3) is 5.53. The summed E-state index contributed by atoms with van der Waals surface area (Å²) < 4.78 is 6.16. The van der Waals surface area contributed by atoms with Gasteiger partial charge in [-0.05, 0) is 122 Å². The van der Waals surface area contributed by atoms with Gasteiger partial charge in [-0.2, -0.15) is 0 Å². The summed E-state index contributed by atoms with van der Waals surface area (Å²) in [5.41, 5.74) is 18.2. The van der Waals surface area contributed by atoms with Crippen molar-refractivity contribution in [1.29, 1.82) is 0 Å². The quantitative estimate of drug-likeness (QED) is 0.176. The van der Waals surface area contributed by atoms with E-state index >= 15 is 0 Å². The van der Waals surface area contributed by atoms with E-state index in [0.717, 1.165) is 52.5 Å². The average Bonchev–Trinajstić information content (AvgIpc) is 3.70. The highest BCUT2D eigenvalue weighted by atomic mass is 16.3. The van der Waals surface area contributed by atoms with E-state index in [1.165, 1.54) is 61.2 Å². The molecule has 0 radical (unpaired) electrons. The Labute approximate surface area is 317 Å². The van der Waals surface area contributed by atoms with Gasteiger partial charge in [0.05, 0.1) is 11.8 Å². The van der Waals surface area contributed by atoms with Crippen LogP contribution in [0.3, 0.4) is 0 Å². The third-order valence-electron chi connectivity index (χ3n) is 11.7. The van der Waals surface area contributed by atoms with Crippen molar-refractivity contribution in [2.45, 2.75) is 44.6 Å². The Morgan fingerprint density at radius 1 is 0.537 bits per heavy atom. The molecule has 1 aliphatic carbocycles. The summed E-state index contributed by atoms with van der Waals surface area (Å²) in [7, 11) is 0. The van der Waals surface area contributed by atoms with Crippen molar-refractivity contribution < 1.29 is 4.42 Å². The van der Waals surface area contributed by atoms with Gasteiger partial charge in [0.1, 0.15) is 11.2 Å². The third-order valence-corrected chi connectivity index (χ3v) is 11.7. The molecule has 0 bridgehead atoms. The van der Waals surface area contributed by atoms with Crippen LogP contribution in [0.1, 0.15) is 67.0 Å². The van der Waals surface area contributed by atoms with E-state index in [9.17, 15) is 0 Å². The molecule has 260 valence electrons. The van der Waals surface area contributed by atoms with Crippen LogP contribution in [0.15, 0.2) is 179 Å². The molecule has 0 saturated heterocycles. The van der Waals surface area contributed by atoms with Crippen LogP contribution in [-0.2, 0) is 5.41 Å². The molecule has 8 aromatic rings. The molecular formula is C52H41NO. The maximum absolute atomic E-state index is 6.16. The summed E-state index contributed by atoms with van der Waals surface area (Å²) in [4.78, 5) is 5.53. The lowest BCUT2D eigenvalue weighted by Crippen LogP contribution is -2.14. The minimum Gasteiger partial charge on any atom is -0.456 e.